The topological polar surface area (TPSA) is 98.8 Å². The second kappa shape index (κ2) is 15.1. The molecule has 2 heterocycles. The number of carboxylic acids is 1. The van der Waals surface area contributed by atoms with Gasteiger partial charge >= 0.3 is 12.1 Å². The van der Waals surface area contributed by atoms with E-state index in [1.807, 2.05) is 79.5 Å². The largest absolute Gasteiger partial charge is 0.493 e. The molecule has 9 nitrogen and oxygen atoms in total. The summed E-state index contributed by atoms with van der Waals surface area (Å²) in [7, 11) is 3.67. The van der Waals surface area contributed by atoms with Gasteiger partial charge in [0.2, 0.25) is 0 Å². The maximum Gasteiger partial charge on any atom is 0.410 e. The lowest BCUT2D eigenvalue weighted by Gasteiger charge is -2.24. The molecule has 2 aromatic heterocycles. The van der Waals surface area contributed by atoms with Gasteiger partial charge in [0.05, 0.1) is 17.8 Å². The van der Waals surface area contributed by atoms with Crippen molar-refractivity contribution >= 4 is 49.7 Å². The summed E-state index contributed by atoms with van der Waals surface area (Å²) in [5.74, 6) is 0.0187. The molecule has 0 aliphatic carbocycles. The van der Waals surface area contributed by atoms with Crippen molar-refractivity contribution in [3.8, 4) is 16.9 Å². The molecule has 5 rings (SSSR count). The number of rotatable bonds is 13. The summed E-state index contributed by atoms with van der Waals surface area (Å²) in [6.45, 7) is 11.0. The second-order valence-electron chi connectivity index (χ2n) is 13.8. The van der Waals surface area contributed by atoms with Gasteiger partial charge in [-0.1, -0.05) is 84.4 Å². The predicted molar refractivity (Wildman–Crippen MR) is 199 cm³/mol. The van der Waals surface area contributed by atoms with Gasteiger partial charge in [-0.2, -0.15) is 5.10 Å². The molecule has 0 unspecified atom stereocenters. The summed E-state index contributed by atoms with van der Waals surface area (Å²) < 4.78 is 15.7. The van der Waals surface area contributed by atoms with E-state index >= 15 is 0 Å². The van der Waals surface area contributed by atoms with Crippen molar-refractivity contribution in [2.75, 3.05) is 20.2 Å². The zero-order valence-corrected chi connectivity index (χ0v) is 31.1. The molecule has 0 aliphatic heterocycles. The van der Waals surface area contributed by atoms with Gasteiger partial charge < -0.3 is 24.0 Å². The molecule has 0 atom stereocenters. The third kappa shape index (κ3) is 7.80. The zero-order valence-electron chi connectivity index (χ0n) is 29.5. The summed E-state index contributed by atoms with van der Waals surface area (Å²) in [6.07, 6.45) is 1.28. The lowest BCUT2D eigenvalue weighted by molar-refractivity contribution is 0.0294. The number of halogens is 1. The van der Waals surface area contributed by atoms with E-state index in [0.29, 0.717) is 44.3 Å². The minimum absolute atomic E-state index is 0.186. The fraction of sp³-hybridized carbons (Fsp3) is 0.410. The van der Waals surface area contributed by atoms with Gasteiger partial charge in [0.15, 0.2) is 0 Å². The van der Waals surface area contributed by atoms with Crippen molar-refractivity contribution in [3.05, 3.63) is 83.3 Å². The first-order valence-corrected chi connectivity index (χ1v) is 18.0. The third-order valence-corrected chi connectivity index (χ3v) is 9.19. The number of aromatic carboxylic acids is 1. The number of nitrogens with zero attached hydrogens (tertiary/aromatic N) is 4. The van der Waals surface area contributed by atoms with Crippen molar-refractivity contribution in [3.63, 3.8) is 0 Å². The number of aromatic nitrogens is 3. The van der Waals surface area contributed by atoms with Crippen molar-refractivity contribution < 1.29 is 24.2 Å². The lowest BCUT2D eigenvalue weighted by atomic mass is 9.95. The molecule has 0 spiro atoms. The Kier molecular flexibility index (Phi) is 11.1. The number of alkyl halides is 1. The fourth-order valence-electron chi connectivity index (χ4n) is 6.70. The lowest BCUT2D eigenvalue weighted by Crippen LogP contribution is -2.35. The summed E-state index contributed by atoms with van der Waals surface area (Å²) in [4.78, 5) is 27.4. The molecule has 0 saturated carbocycles. The molecule has 260 valence electrons. The molecule has 0 radical (unpaired) electrons. The first kappa shape index (κ1) is 36.0. The Hall–Kier alpha value is -4.31. The normalized spacial score (nSPS) is 11.9. The van der Waals surface area contributed by atoms with Crippen LogP contribution in [0.2, 0.25) is 0 Å². The Bertz CT molecular complexity index is 1960. The van der Waals surface area contributed by atoms with E-state index in [9.17, 15) is 14.7 Å². The van der Waals surface area contributed by atoms with E-state index in [4.69, 9.17) is 14.6 Å². The maximum atomic E-state index is 13.2. The van der Waals surface area contributed by atoms with Crippen LogP contribution in [0.25, 0.3) is 32.8 Å². The Morgan fingerprint density at radius 3 is 2.39 bits per heavy atom. The molecule has 5 aromatic rings. The van der Waals surface area contributed by atoms with Crippen LogP contribution in [-0.4, -0.2) is 62.2 Å². The highest BCUT2D eigenvalue weighted by atomic mass is 79.9. The van der Waals surface area contributed by atoms with Crippen LogP contribution in [-0.2, 0) is 30.1 Å². The Balaban J connectivity index is 1.54. The maximum absolute atomic E-state index is 13.2. The number of aryl methyl sites for hydroxylation is 3. The van der Waals surface area contributed by atoms with E-state index in [-0.39, 0.29) is 11.6 Å². The summed E-state index contributed by atoms with van der Waals surface area (Å²) in [6, 6.07) is 20.2. The smallest absolute Gasteiger partial charge is 0.410 e. The number of carboxylic acid groups (broad SMARTS) is 1. The van der Waals surface area contributed by atoms with Gasteiger partial charge in [-0.05, 0) is 63.0 Å². The predicted octanol–water partition coefficient (Wildman–Crippen LogP) is 9.18. The highest BCUT2D eigenvalue weighted by Gasteiger charge is 2.28. The van der Waals surface area contributed by atoms with Gasteiger partial charge in [-0.3, -0.25) is 4.68 Å². The van der Waals surface area contributed by atoms with Crippen LogP contribution < -0.4 is 4.74 Å². The zero-order chi connectivity index (χ0) is 35.5. The molecule has 0 aliphatic rings. The second-order valence-corrected chi connectivity index (χ2v) is 14.4. The standard InChI is InChI=1S/C39H47BrN4O5/c1-25(2)34-33(31(24-40)41-43(34)7)30-18-11-17-28-29(19-12-23-48-32-20-10-15-26-14-8-9-16-27(26)32)36(37(45)46)44(35(28)30)22-13-21-42(6)38(47)49-39(3,4)5/h8-11,14-18,20,25H,12-13,19,21-24H2,1-7H3,(H,45,46). The monoisotopic (exact) mass is 730 g/mol. The minimum Gasteiger partial charge on any atom is -0.493 e. The van der Waals surface area contributed by atoms with Crippen molar-refractivity contribution in [2.45, 2.75) is 77.3 Å². The number of ether oxygens (including phenoxy) is 2. The molecular formula is C39H47BrN4O5. The van der Waals surface area contributed by atoms with E-state index in [1.54, 1.807) is 11.9 Å². The van der Waals surface area contributed by atoms with E-state index < -0.39 is 17.7 Å². The van der Waals surface area contributed by atoms with Crippen LogP contribution in [0.5, 0.6) is 5.75 Å². The molecule has 10 heteroatoms. The van der Waals surface area contributed by atoms with Crippen LogP contribution in [0, 0.1) is 0 Å². The van der Waals surface area contributed by atoms with Crippen LogP contribution in [0.15, 0.2) is 60.7 Å². The molecule has 49 heavy (non-hydrogen) atoms. The molecule has 1 amide bonds. The first-order chi connectivity index (χ1) is 23.3. The molecule has 0 saturated heterocycles. The van der Waals surface area contributed by atoms with E-state index in [2.05, 4.69) is 48.0 Å². The molecular weight excluding hydrogens is 684 g/mol. The Morgan fingerprint density at radius 1 is 1.00 bits per heavy atom. The van der Waals surface area contributed by atoms with Gasteiger partial charge in [0.25, 0.3) is 0 Å². The number of amides is 1. The number of para-hydroxylation sites is 1. The number of hydrogen-bond acceptors (Lipinski definition) is 5. The van der Waals surface area contributed by atoms with E-state index in [1.165, 1.54) is 0 Å². The summed E-state index contributed by atoms with van der Waals surface area (Å²) in [5.41, 5.74) is 5.26. The molecule has 0 fully saturated rings. The van der Waals surface area contributed by atoms with Crippen molar-refractivity contribution in [1.29, 1.82) is 0 Å². The van der Waals surface area contributed by atoms with E-state index in [0.717, 1.165) is 55.5 Å². The van der Waals surface area contributed by atoms with Gasteiger partial charge in [-0.25, -0.2) is 9.59 Å². The number of benzene rings is 3. The van der Waals surface area contributed by atoms with Crippen LogP contribution >= 0.6 is 15.9 Å². The average Bonchev–Trinajstić information content (AvgIpc) is 3.56. The fourth-order valence-corrected chi connectivity index (χ4v) is 7.09. The Labute approximate surface area is 296 Å². The van der Waals surface area contributed by atoms with Crippen molar-refractivity contribution in [1.82, 2.24) is 19.2 Å². The minimum atomic E-state index is -0.983. The van der Waals surface area contributed by atoms with Gasteiger partial charge in [-0.15, -0.1) is 0 Å². The van der Waals surface area contributed by atoms with Gasteiger partial charge in [0, 0.05) is 60.1 Å². The highest BCUT2D eigenvalue weighted by molar-refractivity contribution is 9.08. The number of hydrogen-bond donors (Lipinski definition) is 1. The molecule has 3 aromatic carbocycles. The Morgan fingerprint density at radius 2 is 1.69 bits per heavy atom. The van der Waals surface area contributed by atoms with Crippen LogP contribution in [0.3, 0.4) is 0 Å². The first-order valence-electron chi connectivity index (χ1n) is 16.9. The number of carbonyl (C=O) groups excluding carboxylic acids is 1. The summed E-state index contributed by atoms with van der Waals surface area (Å²) >= 11 is 3.66. The molecule has 0 bridgehead atoms. The highest BCUT2D eigenvalue weighted by Crippen LogP contribution is 2.40. The molecule has 1 N–H and O–H groups in total. The van der Waals surface area contributed by atoms with Crippen LogP contribution in [0.4, 0.5) is 4.79 Å². The van der Waals surface area contributed by atoms with Crippen molar-refractivity contribution in [2.24, 2.45) is 7.05 Å². The SMILES string of the molecule is CC(C)c1c(-c2cccc3c(CCCOc4cccc5ccccc45)c(C(=O)O)n(CCCN(C)C(=O)OC(C)(C)C)c23)c(CBr)nn1C. The van der Waals surface area contributed by atoms with Crippen LogP contribution in [0.1, 0.15) is 80.8 Å². The average molecular weight is 732 g/mol. The van der Waals surface area contributed by atoms with Gasteiger partial charge in [0.1, 0.15) is 17.0 Å². The number of fused-ring (bicyclic) bond motifs is 2. The number of carbonyl (C=O) groups is 2. The quantitative estimate of drug-likeness (QED) is 0.0958. The summed E-state index contributed by atoms with van der Waals surface area (Å²) in [5, 5.41) is 19.2. The third-order valence-electron chi connectivity index (χ3n) is 8.65.